The van der Waals surface area contributed by atoms with Gasteiger partial charge in [-0.3, -0.25) is 0 Å². The summed E-state index contributed by atoms with van der Waals surface area (Å²) in [6, 6.07) is 4.08. The van der Waals surface area contributed by atoms with Crippen molar-refractivity contribution >= 4 is 19.6 Å². The zero-order valence-corrected chi connectivity index (χ0v) is 17.8. The smallest absolute Gasteiger partial charge is 0.393 e. The lowest BCUT2D eigenvalue weighted by atomic mass is 10.0. The van der Waals surface area contributed by atoms with Gasteiger partial charge in [0.05, 0.1) is 23.8 Å². The third-order valence-electron chi connectivity index (χ3n) is 4.41. The number of alkyl halides is 3. The molecule has 0 bridgehead atoms. The molecule has 3 aromatic rings. The van der Waals surface area contributed by atoms with Gasteiger partial charge in [0.2, 0.25) is 0 Å². The Hall–Kier alpha value is -2.73. The number of carboxylic acid groups (broad SMARTS) is 1. The molecule has 0 atom stereocenters. The molecule has 0 aromatic carbocycles. The minimum Gasteiger partial charge on any atom is -0.476 e. The summed E-state index contributed by atoms with van der Waals surface area (Å²) < 4.78 is 47.9. The molecule has 0 amide bonds. The van der Waals surface area contributed by atoms with E-state index in [1.807, 2.05) is 0 Å². The van der Waals surface area contributed by atoms with E-state index in [0.717, 1.165) is 6.04 Å². The van der Waals surface area contributed by atoms with Crippen LogP contribution in [0.4, 0.5) is 13.2 Å². The van der Waals surface area contributed by atoms with Gasteiger partial charge in [0.25, 0.3) is 0 Å². The molecule has 1 N–H and O–H groups in total. The zero-order valence-electron chi connectivity index (χ0n) is 16.8. The van der Waals surface area contributed by atoms with Crippen LogP contribution in [0.3, 0.4) is 0 Å². The molecule has 0 saturated heterocycles. The molecule has 8 nitrogen and oxygen atoms in total. The molecule has 3 aromatic heterocycles. The molecule has 0 aliphatic rings. The predicted octanol–water partition coefficient (Wildman–Crippen LogP) is 3.71. The standard InChI is InChI=1S/C18H22F3N5O3Si/c1-30(2,3)7-6-29-11-26-16(12-4-5-13-9-22-24-25(13)10-12)14(8-18(19,20)21)15(23-26)17(27)28/h4-5,9-10H,6-8,11H2,1-3H3,(H,27,28). The molecule has 0 aliphatic heterocycles. The topological polar surface area (TPSA) is 94.5 Å². The number of aromatic carboxylic acids is 1. The van der Waals surface area contributed by atoms with Gasteiger partial charge < -0.3 is 9.84 Å². The Morgan fingerprint density at radius 2 is 2.00 bits per heavy atom. The second-order valence-electron chi connectivity index (χ2n) is 8.14. The Labute approximate surface area is 171 Å². The van der Waals surface area contributed by atoms with E-state index in [9.17, 15) is 23.1 Å². The molecule has 0 spiro atoms. The molecule has 0 fully saturated rings. The van der Waals surface area contributed by atoms with E-state index >= 15 is 0 Å². The third-order valence-corrected chi connectivity index (χ3v) is 6.12. The van der Waals surface area contributed by atoms with Crippen LogP contribution in [0.25, 0.3) is 16.8 Å². The molecule has 0 aliphatic carbocycles. The molecule has 0 saturated carbocycles. The molecule has 3 heterocycles. The van der Waals surface area contributed by atoms with Crippen LogP contribution in [0.1, 0.15) is 16.1 Å². The van der Waals surface area contributed by atoms with Gasteiger partial charge in [-0.15, -0.1) is 5.10 Å². The molecule has 12 heteroatoms. The number of rotatable bonds is 8. The summed E-state index contributed by atoms with van der Waals surface area (Å²) in [6.45, 7) is 6.77. The number of carboxylic acids is 1. The summed E-state index contributed by atoms with van der Waals surface area (Å²) in [6.07, 6.45) is -3.04. The van der Waals surface area contributed by atoms with Gasteiger partial charge in [0.15, 0.2) is 5.69 Å². The lowest BCUT2D eigenvalue weighted by Crippen LogP contribution is -2.22. The van der Waals surface area contributed by atoms with Crippen molar-refractivity contribution in [3.8, 4) is 11.3 Å². The maximum Gasteiger partial charge on any atom is 0.393 e. The molecule has 0 radical (unpaired) electrons. The summed E-state index contributed by atoms with van der Waals surface area (Å²) in [7, 11) is -1.37. The van der Waals surface area contributed by atoms with Gasteiger partial charge in [0, 0.05) is 32.0 Å². The van der Waals surface area contributed by atoms with Crippen molar-refractivity contribution in [1.29, 1.82) is 0 Å². The lowest BCUT2D eigenvalue weighted by Gasteiger charge is -2.16. The number of halogens is 3. The second kappa shape index (κ2) is 8.18. The number of pyridine rings is 1. The van der Waals surface area contributed by atoms with Gasteiger partial charge in [-0.2, -0.15) is 18.3 Å². The molecular weight excluding hydrogens is 419 g/mol. The van der Waals surface area contributed by atoms with Gasteiger partial charge >= 0.3 is 12.1 Å². The summed E-state index contributed by atoms with van der Waals surface area (Å²) in [4.78, 5) is 11.6. The van der Waals surface area contributed by atoms with Crippen molar-refractivity contribution in [3.05, 3.63) is 35.8 Å². The monoisotopic (exact) mass is 441 g/mol. The van der Waals surface area contributed by atoms with Crippen molar-refractivity contribution in [2.24, 2.45) is 0 Å². The number of hydrogen-bond acceptors (Lipinski definition) is 5. The largest absolute Gasteiger partial charge is 0.476 e. The van der Waals surface area contributed by atoms with Crippen LogP contribution in [0, 0.1) is 0 Å². The molecule has 0 unspecified atom stereocenters. The van der Waals surface area contributed by atoms with Crippen LogP contribution in [-0.4, -0.2) is 56.5 Å². The van der Waals surface area contributed by atoms with Crippen LogP contribution in [0.5, 0.6) is 0 Å². The fourth-order valence-electron chi connectivity index (χ4n) is 2.95. The maximum atomic E-state index is 13.2. The fourth-order valence-corrected chi connectivity index (χ4v) is 3.70. The Morgan fingerprint density at radius 1 is 1.27 bits per heavy atom. The van der Waals surface area contributed by atoms with Crippen molar-refractivity contribution in [2.45, 2.75) is 45.0 Å². The Bertz CT molecular complexity index is 1060. The first-order valence-corrected chi connectivity index (χ1v) is 12.9. The lowest BCUT2D eigenvalue weighted by molar-refractivity contribution is -0.127. The highest BCUT2D eigenvalue weighted by molar-refractivity contribution is 6.76. The highest BCUT2D eigenvalue weighted by atomic mass is 28.3. The summed E-state index contributed by atoms with van der Waals surface area (Å²) in [5, 5.41) is 21.0. The number of ether oxygens (including phenoxy) is 1. The summed E-state index contributed by atoms with van der Waals surface area (Å²) in [5.74, 6) is -1.53. The highest BCUT2D eigenvalue weighted by Gasteiger charge is 2.35. The average molecular weight is 441 g/mol. The normalized spacial score (nSPS) is 12.6. The average Bonchev–Trinajstić information content (AvgIpc) is 3.20. The summed E-state index contributed by atoms with van der Waals surface area (Å²) >= 11 is 0. The van der Waals surface area contributed by atoms with Crippen molar-refractivity contribution < 1.29 is 27.8 Å². The second-order valence-corrected chi connectivity index (χ2v) is 13.8. The minimum atomic E-state index is -4.61. The maximum absolute atomic E-state index is 13.2. The fraction of sp³-hybridized carbons (Fsp3) is 0.444. The first kappa shape index (κ1) is 22.0. The van der Waals surface area contributed by atoms with E-state index in [1.165, 1.54) is 21.6 Å². The SMILES string of the molecule is C[Si](C)(C)CCOCn1nc(C(=O)O)c(CC(F)(F)F)c1-c1ccc2cnnn2c1. The quantitative estimate of drug-likeness (QED) is 0.423. The van der Waals surface area contributed by atoms with Crippen molar-refractivity contribution in [2.75, 3.05) is 6.61 Å². The number of carbonyl (C=O) groups is 1. The Kier molecular flexibility index (Phi) is 5.99. The minimum absolute atomic E-state index is 0.0372. The van der Waals surface area contributed by atoms with E-state index in [-0.39, 0.29) is 12.4 Å². The van der Waals surface area contributed by atoms with Crippen molar-refractivity contribution in [3.63, 3.8) is 0 Å². The Morgan fingerprint density at radius 3 is 2.63 bits per heavy atom. The van der Waals surface area contributed by atoms with Crippen molar-refractivity contribution in [1.82, 2.24) is 24.6 Å². The van der Waals surface area contributed by atoms with E-state index in [1.54, 1.807) is 12.1 Å². The molecule has 30 heavy (non-hydrogen) atoms. The van der Waals surface area contributed by atoms with E-state index in [0.29, 0.717) is 17.7 Å². The van der Waals surface area contributed by atoms with E-state index in [2.05, 4.69) is 35.1 Å². The van der Waals surface area contributed by atoms with Gasteiger partial charge in [0.1, 0.15) is 6.73 Å². The number of fused-ring (bicyclic) bond motifs is 1. The third kappa shape index (κ3) is 5.24. The van der Waals surface area contributed by atoms with Crippen LogP contribution in [-0.2, 0) is 17.9 Å². The molecule has 162 valence electrons. The van der Waals surface area contributed by atoms with E-state index < -0.39 is 37.9 Å². The van der Waals surface area contributed by atoms with E-state index in [4.69, 9.17) is 4.74 Å². The van der Waals surface area contributed by atoms with Crippen LogP contribution in [0.15, 0.2) is 24.5 Å². The summed E-state index contributed by atoms with van der Waals surface area (Å²) in [5.41, 5.74) is -0.0405. The number of nitrogens with zero attached hydrogens (tertiary/aromatic N) is 5. The van der Waals surface area contributed by atoms with Gasteiger partial charge in [-0.1, -0.05) is 24.9 Å². The predicted molar refractivity (Wildman–Crippen MR) is 105 cm³/mol. The zero-order chi connectivity index (χ0) is 22.1. The number of hydrogen-bond donors (Lipinski definition) is 1. The van der Waals surface area contributed by atoms with Crippen LogP contribution < -0.4 is 0 Å². The molecular formula is C18H22F3N5O3Si. The van der Waals surface area contributed by atoms with Gasteiger partial charge in [-0.05, 0) is 18.2 Å². The van der Waals surface area contributed by atoms with Crippen LogP contribution >= 0.6 is 0 Å². The Balaban J connectivity index is 2.05. The first-order chi connectivity index (χ1) is 13.9. The van der Waals surface area contributed by atoms with Crippen LogP contribution in [0.2, 0.25) is 25.7 Å². The molecule has 3 rings (SSSR count). The number of aromatic nitrogens is 5. The first-order valence-electron chi connectivity index (χ1n) is 9.22. The van der Waals surface area contributed by atoms with Gasteiger partial charge in [-0.25, -0.2) is 14.0 Å². The highest BCUT2D eigenvalue weighted by Crippen LogP contribution is 2.32.